The number of aromatic amines is 1. The van der Waals surface area contributed by atoms with Gasteiger partial charge in [0.25, 0.3) is 5.56 Å². The van der Waals surface area contributed by atoms with Crippen LogP contribution >= 0.6 is 0 Å². The zero-order valence-electron chi connectivity index (χ0n) is 17.0. The van der Waals surface area contributed by atoms with Gasteiger partial charge < -0.3 is 4.57 Å². The lowest BCUT2D eigenvalue weighted by Crippen LogP contribution is -2.29. The molecule has 0 saturated carbocycles. The fourth-order valence-electron chi connectivity index (χ4n) is 3.82. The Morgan fingerprint density at radius 2 is 1.76 bits per heavy atom. The summed E-state index contributed by atoms with van der Waals surface area (Å²) in [5.41, 5.74) is 1.10. The van der Waals surface area contributed by atoms with E-state index in [9.17, 15) is 9.59 Å². The normalized spacial score (nSPS) is 11.7. The van der Waals surface area contributed by atoms with Crippen molar-refractivity contribution in [3.8, 4) is 0 Å². The molecule has 0 aliphatic carbocycles. The summed E-state index contributed by atoms with van der Waals surface area (Å²) in [5.74, 6) is 0.781. The van der Waals surface area contributed by atoms with Crippen molar-refractivity contribution in [3.63, 3.8) is 0 Å². The van der Waals surface area contributed by atoms with Crippen LogP contribution in [0.25, 0.3) is 21.9 Å². The molecule has 0 atom stereocenters. The number of aryl methyl sites for hydroxylation is 1. The Bertz CT molecular complexity index is 1290. The van der Waals surface area contributed by atoms with Crippen molar-refractivity contribution in [2.75, 3.05) is 13.1 Å². The Labute approximate surface area is 168 Å². The SMILES string of the molecule is CCN(CC)Cc1nc2c(c(=O)[nH]c(=O)n2C)n1Cc1cccc2ccccc12. The molecule has 2 aromatic heterocycles. The van der Waals surface area contributed by atoms with Crippen molar-refractivity contribution in [3.05, 3.63) is 74.7 Å². The summed E-state index contributed by atoms with van der Waals surface area (Å²) in [5, 5.41) is 2.30. The molecule has 0 bridgehead atoms. The van der Waals surface area contributed by atoms with E-state index in [1.54, 1.807) is 7.05 Å². The zero-order valence-corrected chi connectivity index (χ0v) is 17.0. The lowest BCUT2D eigenvalue weighted by molar-refractivity contribution is 0.285. The van der Waals surface area contributed by atoms with Crippen molar-refractivity contribution in [2.45, 2.75) is 26.9 Å². The molecule has 2 heterocycles. The number of hydrogen-bond acceptors (Lipinski definition) is 4. The average Bonchev–Trinajstić information content (AvgIpc) is 3.09. The first-order valence-corrected chi connectivity index (χ1v) is 9.90. The second-order valence-corrected chi connectivity index (χ2v) is 7.20. The Kier molecular flexibility index (Phi) is 5.07. The van der Waals surface area contributed by atoms with E-state index in [1.165, 1.54) is 4.57 Å². The molecule has 0 aliphatic heterocycles. The topological polar surface area (TPSA) is 75.9 Å². The fraction of sp³-hybridized carbons (Fsp3) is 0.318. The fourth-order valence-corrected chi connectivity index (χ4v) is 3.82. The van der Waals surface area contributed by atoms with E-state index in [0.717, 1.165) is 35.2 Å². The number of rotatable bonds is 6. The van der Waals surface area contributed by atoms with Gasteiger partial charge in [0, 0.05) is 7.05 Å². The molecule has 7 heteroatoms. The molecule has 7 nitrogen and oxygen atoms in total. The maximum absolute atomic E-state index is 12.7. The van der Waals surface area contributed by atoms with Crippen LogP contribution in [0, 0.1) is 0 Å². The van der Waals surface area contributed by atoms with Gasteiger partial charge in [0.05, 0.1) is 13.1 Å². The van der Waals surface area contributed by atoms with E-state index in [1.807, 2.05) is 22.8 Å². The molecule has 0 spiro atoms. The first kappa shape index (κ1) is 19.1. The van der Waals surface area contributed by atoms with Gasteiger partial charge in [-0.15, -0.1) is 0 Å². The van der Waals surface area contributed by atoms with Crippen LogP contribution in [-0.4, -0.2) is 37.1 Å². The van der Waals surface area contributed by atoms with Gasteiger partial charge in [0.15, 0.2) is 11.2 Å². The predicted octanol–water partition coefficient (Wildman–Crippen LogP) is 2.47. The van der Waals surface area contributed by atoms with Crippen LogP contribution < -0.4 is 11.2 Å². The van der Waals surface area contributed by atoms with Gasteiger partial charge in [-0.2, -0.15) is 0 Å². The van der Waals surface area contributed by atoms with Crippen LogP contribution in [0.15, 0.2) is 52.1 Å². The summed E-state index contributed by atoms with van der Waals surface area (Å²) in [6.45, 7) is 7.08. The number of benzene rings is 2. The number of nitrogens with one attached hydrogen (secondary N) is 1. The third-order valence-corrected chi connectivity index (χ3v) is 5.55. The Hall–Kier alpha value is -3.19. The van der Waals surface area contributed by atoms with Crippen molar-refractivity contribution in [1.29, 1.82) is 0 Å². The molecular formula is C22H25N5O2. The van der Waals surface area contributed by atoms with Gasteiger partial charge in [0.2, 0.25) is 0 Å². The molecule has 0 unspecified atom stereocenters. The van der Waals surface area contributed by atoms with Crippen molar-refractivity contribution in [1.82, 2.24) is 24.0 Å². The molecule has 0 aliphatic rings. The maximum Gasteiger partial charge on any atom is 0.329 e. The van der Waals surface area contributed by atoms with E-state index >= 15 is 0 Å². The molecule has 4 aromatic rings. The summed E-state index contributed by atoms with van der Waals surface area (Å²) in [4.78, 5) is 34.2. The van der Waals surface area contributed by atoms with Crippen molar-refractivity contribution < 1.29 is 0 Å². The minimum Gasteiger partial charge on any atom is -0.317 e. The standard InChI is InChI=1S/C22H25N5O2/c1-4-26(5-2)14-18-23-20-19(21(28)24-22(29)25(20)3)27(18)13-16-11-8-10-15-9-6-7-12-17(15)16/h6-12H,4-5,13-14H2,1-3H3,(H,24,28,29). The molecule has 0 fully saturated rings. The van der Waals surface area contributed by atoms with Crippen LogP contribution in [0.2, 0.25) is 0 Å². The predicted molar refractivity (Wildman–Crippen MR) is 115 cm³/mol. The molecule has 4 rings (SSSR count). The number of aromatic nitrogens is 4. The average molecular weight is 391 g/mol. The third kappa shape index (κ3) is 3.38. The molecule has 0 radical (unpaired) electrons. The van der Waals surface area contributed by atoms with Crippen LogP contribution in [-0.2, 0) is 20.1 Å². The number of hydrogen-bond donors (Lipinski definition) is 1. The smallest absolute Gasteiger partial charge is 0.317 e. The van der Waals surface area contributed by atoms with E-state index in [4.69, 9.17) is 4.98 Å². The van der Waals surface area contributed by atoms with E-state index < -0.39 is 11.2 Å². The van der Waals surface area contributed by atoms with Crippen molar-refractivity contribution in [2.24, 2.45) is 7.05 Å². The van der Waals surface area contributed by atoms with Crippen LogP contribution in [0.1, 0.15) is 25.2 Å². The molecular weight excluding hydrogens is 366 g/mol. The van der Waals surface area contributed by atoms with E-state index in [2.05, 4.69) is 48.0 Å². The highest BCUT2D eigenvalue weighted by Gasteiger charge is 2.19. The highest BCUT2D eigenvalue weighted by molar-refractivity contribution is 5.85. The quantitative estimate of drug-likeness (QED) is 0.548. The second kappa shape index (κ2) is 7.67. The molecule has 2 aromatic carbocycles. The number of nitrogens with zero attached hydrogens (tertiary/aromatic N) is 4. The van der Waals surface area contributed by atoms with E-state index in [0.29, 0.717) is 24.3 Å². The second-order valence-electron chi connectivity index (χ2n) is 7.20. The minimum absolute atomic E-state index is 0.401. The summed E-state index contributed by atoms with van der Waals surface area (Å²) < 4.78 is 3.36. The Balaban J connectivity index is 1.94. The first-order valence-electron chi connectivity index (χ1n) is 9.90. The number of fused-ring (bicyclic) bond motifs is 2. The first-order chi connectivity index (χ1) is 14.0. The lowest BCUT2D eigenvalue weighted by atomic mass is 10.0. The number of imidazole rings is 1. The van der Waals surface area contributed by atoms with Crippen molar-refractivity contribution >= 4 is 21.9 Å². The van der Waals surface area contributed by atoms with Gasteiger partial charge in [-0.25, -0.2) is 9.78 Å². The van der Waals surface area contributed by atoms with Crippen LogP contribution in [0.4, 0.5) is 0 Å². The van der Waals surface area contributed by atoms with Crippen LogP contribution in [0.5, 0.6) is 0 Å². The Morgan fingerprint density at radius 1 is 1.03 bits per heavy atom. The molecule has 29 heavy (non-hydrogen) atoms. The highest BCUT2D eigenvalue weighted by Crippen LogP contribution is 2.22. The minimum atomic E-state index is -0.452. The summed E-state index contributed by atoms with van der Waals surface area (Å²) in [6, 6.07) is 14.4. The number of H-pyrrole nitrogens is 1. The third-order valence-electron chi connectivity index (χ3n) is 5.55. The zero-order chi connectivity index (χ0) is 20.5. The molecule has 0 saturated heterocycles. The highest BCUT2D eigenvalue weighted by atomic mass is 16.2. The molecule has 0 amide bonds. The van der Waals surface area contributed by atoms with Gasteiger partial charge in [0.1, 0.15) is 5.82 Å². The van der Waals surface area contributed by atoms with Gasteiger partial charge in [-0.1, -0.05) is 56.3 Å². The molecule has 1 N–H and O–H groups in total. The largest absolute Gasteiger partial charge is 0.329 e. The monoisotopic (exact) mass is 391 g/mol. The summed E-state index contributed by atoms with van der Waals surface area (Å²) >= 11 is 0. The summed E-state index contributed by atoms with van der Waals surface area (Å²) in [7, 11) is 1.64. The summed E-state index contributed by atoms with van der Waals surface area (Å²) in [6.07, 6.45) is 0. The maximum atomic E-state index is 12.7. The van der Waals surface area contributed by atoms with Gasteiger partial charge in [-0.05, 0) is 29.4 Å². The molecule has 150 valence electrons. The Morgan fingerprint density at radius 3 is 2.52 bits per heavy atom. The lowest BCUT2D eigenvalue weighted by Gasteiger charge is -2.19. The van der Waals surface area contributed by atoms with Crippen LogP contribution in [0.3, 0.4) is 0 Å². The van der Waals surface area contributed by atoms with Gasteiger partial charge >= 0.3 is 5.69 Å². The van der Waals surface area contributed by atoms with E-state index in [-0.39, 0.29) is 0 Å². The van der Waals surface area contributed by atoms with Gasteiger partial charge in [-0.3, -0.25) is 19.2 Å².